The summed E-state index contributed by atoms with van der Waals surface area (Å²) in [6.45, 7) is 0. The van der Waals surface area contributed by atoms with E-state index < -0.39 is 23.6 Å². The van der Waals surface area contributed by atoms with Gasteiger partial charge in [-0.25, -0.2) is 0 Å². The van der Waals surface area contributed by atoms with Crippen molar-refractivity contribution in [2.75, 3.05) is 17.3 Å². The molecule has 0 saturated heterocycles. The number of pyridine rings is 1. The second kappa shape index (κ2) is 8.14. The second-order valence-corrected chi connectivity index (χ2v) is 6.16. The first-order valence-corrected chi connectivity index (χ1v) is 8.53. The van der Waals surface area contributed by atoms with Gasteiger partial charge in [0.2, 0.25) is 0 Å². The average molecular weight is 399 g/mol. The van der Waals surface area contributed by atoms with Crippen LogP contribution >= 0.6 is 0 Å². The van der Waals surface area contributed by atoms with E-state index in [2.05, 4.69) is 10.3 Å². The minimum atomic E-state index is -4.45. The number of halogens is 3. The summed E-state index contributed by atoms with van der Waals surface area (Å²) in [7, 11) is 1.59. The van der Waals surface area contributed by atoms with Crippen LogP contribution in [0.3, 0.4) is 0 Å². The SMILES string of the molecule is CN(C(=O)c1cc(C(=O)Nc2ccc(C(F)(F)F)cc2)ccn1)c1ccccc1. The Morgan fingerprint density at radius 2 is 1.62 bits per heavy atom. The van der Waals surface area contributed by atoms with E-state index in [0.29, 0.717) is 5.69 Å². The van der Waals surface area contributed by atoms with Gasteiger partial charge in [-0.3, -0.25) is 14.6 Å². The van der Waals surface area contributed by atoms with E-state index in [1.54, 1.807) is 31.3 Å². The quantitative estimate of drug-likeness (QED) is 0.696. The molecule has 1 N–H and O–H groups in total. The van der Waals surface area contributed by atoms with Crippen molar-refractivity contribution in [2.45, 2.75) is 6.18 Å². The summed E-state index contributed by atoms with van der Waals surface area (Å²) in [5.41, 5.74) is 0.283. The normalized spacial score (nSPS) is 11.0. The van der Waals surface area contributed by atoms with Crippen LogP contribution < -0.4 is 10.2 Å². The monoisotopic (exact) mass is 399 g/mol. The van der Waals surface area contributed by atoms with E-state index in [0.717, 1.165) is 24.3 Å². The summed E-state index contributed by atoms with van der Waals surface area (Å²) in [4.78, 5) is 30.5. The molecule has 29 heavy (non-hydrogen) atoms. The predicted molar refractivity (Wildman–Crippen MR) is 103 cm³/mol. The fourth-order valence-electron chi connectivity index (χ4n) is 2.58. The van der Waals surface area contributed by atoms with Crippen LogP contribution in [0.25, 0.3) is 0 Å². The molecule has 0 atom stereocenters. The Kier molecular flexibility index (Phi) is 5.63. The molecule has 0 fully saturated rings. The number of nitrogens with zero attached hydrogens (tertiary/aromatic N) is 2. The number of rotatable bonds is 4. The molecule has 2 aromatic carbocycles. The minimum Gasteiger partial charge on any atom is -0.322 e. The zero-order valence-electron chi connectivity index (χ0n) is 15.3. The Hall–Kier alpha value is -3.68. The third-order valence-electron chi connectivity index (χ3n) is 4.16. The number of nitrogens with one attached hydrogen (secondary N) is 1. The highest BCUT2D eigenvalue weighted by molar-refractivity contribution is 6.08. The largest absolute Gasteiger partial charge is 0.416 e. The molecule has 1 heterocycles. The van der Waals surface area contributed by atoms with Crippen LogP contribution in [0.2, 0.25) is 0 Å². The van der Waals surface area contributed by atoms with Crippen LogP contribution in [-0.2, 0) is 6.18 Å². The summed E-state index contributed by atoms with van der Waals surface area (Å²) >= 11 is 0. The number of carbonyl (C=O) groups excluding carboxylic acids is 2. The van der Waals surface area contributed by atoms with Crippen molar-refractivity contribution in [3.8, 4) is 0 Å². The Morgan fingerprint density at radius 3 is 2.24 bits per heavy atom. The maximum absolute atomic E-state index is 12.6. The van der Waals surface area contributed by atoms with Gasteiger partial charge in [0, 0.05) is 30.2 Å². The van der Waals surface area contributed by atoms with Crippen LogP contribution in [0.15, 0.2) is 72.9 Å². The molecule has 0 unspecified atom stereocenters. The van der Waals surface area contributed by atoms with Gasteiger partial charge in [-0.2, -0.15) is 13.2 Å². The van der Waals surface area contributed by atoms with Crippen LogP contribution in [0.4, 0.5) is 24.5 Å². The maximum Gasteiger partial charge on any atom is 0.416 e. The fraction of sp³-hybridized carbons (Fsp3) is 0.0952. The first kappa shape index (κ1) is 20.1. The van der Waals surface area contributed by atoms with E-state index in [-0.39, 0.29) is 16.9 Å². The molecule has 0 radical (unpaired) electrons. The van der Waals surface area contributed by atoms with Crippen LogP contribution in [0.1, 0.15) is 26.4 Å². The smallest absolute Gasteiger partial charge is 0.322 e. The van der Waals surface area contributed by atoms with E-state index in [1.807, 2.05) is 6.07 Å². The topological polar surface area (TPSA) is 62.3 Å². The van der Waals surface area contributed by atoms with Crippen molar-refractivity contribution in [3.05, 3.63) is 89.7 Å². The van der Waals surface area contributed by atoms with Gasteiger partial charge >= 0.3 is 6.18 Å². The minimum absolute atomic E-state index is 0.0661. The Morgan fingerprint density at radius 1 is 0.966 bits per heavy atom. The number of carbonyl (C=O) groups is 2. The molecule has 1 aromatic heterocycles. The van der Waals surface area contributed by atoms with Crippen LogP contribution in [0.5, 0.6) is 0 Å². The molecule has 3 rings (SSSR count). The van der Waals surface area contributed by atoms with Gasteiger partial charge in [-0.05, 0) is 48.5 Å². The lowest BCUT2D eigenvalue weighted by Crippen LogP contribution is -2.27. The summed E-state index contributed by atoms with van der Waals surface area (Å²) in [5, 5.41) is 2.50. The summed E-state index contributed by atoms with van der Waals surface area (Å²) in [6, 6.07) is 15.8. The number of benzene rings is 2. The maximum atomic E-state index is 12.6. The average Bonchev–Trinajstić information content (AvgIpc) is 2.73. The zero-order valence-corrected chi connectivity index (χ0v) is 15.3. The van der Waals surface area contributed by atoms with E-state index >= 15 is 0 Å². The molecule has 0 spiro atoms. The lowest BCUT2D eigenvalue weighted by molar-refractivity contribution is -0.137. The molecule has 5 nitrogen and oxygen atoms in total. The van der Waals surface area contributed by atoms with Gasteiger partial charge in [-0.1, -0.05) is 18.2 Å². The van der Waals surface area contributed by atoms with Crippen LogP contribution in [-0.4, -0.2) is 23.8 Å². The van der Waals surface area contributed by atoms with Crippen molar-refractivity contribution >= 4 is 23.2 Å². The molecular weight excluding hydrogens is 383 g/mol. The Bertz CT molecular complexity index is 1020. The van der Waals surface area contributed by atoms with Crippen molar-refractivity contribution in [2.24, 2.45) is 0 Å². The molecule has 3 aromatic rings. The lowest BCUT2D eigenvalue weighted by Gasteiger charge is -2.17. The molecule has 0 aliphatic heterocycles. The molecule has 148 valence electrons. The summed E-state index contributed by atoms with van der Waals surface area (Å²) < 4.78 is 37.9. The molecule has 8 heteroatoms. The number of aromatic nitrogens is 1. The number of alkyl halides is 3. The Labute approximate surface area is 164 Å². The molecule has 0 bridgehead atoms. The third kappa shape index (κ3) is 4.78. The van der Waals surface area contributed by atoms with Gasteiger partial charge in [0.15, 0.2) is 0 Å². The standard InChI is InChI=1S/C21H16F3N3O2/c1-27(17-5-3-2-4-6-17)20(29)18-13-14(11-12-25-18)19(28)26-16-9-7-15(8-10-16)21(22,23)24/h2-13H,1H3,(H,26,28). The zero-order chi connectivity index (χ0) is 21.0. The van der Waals surface area contributed by atoms with E-state index in [9.17, 15) is 22.8 Å². The highest BCUT2D eigenvalue weighted by Gasteiger charge is 2.30. The van der Waals surface area contributed by atoms with Gasteiger partial charge < -0.3 is 10.2 Å². The van der Waals surface area contributed by atoms with Gasteiger partial charge in [-0.15, -0.1) is 0 Å². The predicted octanol–water partition coefficient (Wildman–Crippen LogP) is 4.63. The van der Waals surface area contributed by atoms with E-state index in [4.69, 9.17) is 0 Å². The van der Waals surface area contributed by atoms with Gasteiger partial charge in [0.1, 0.15) is 5.69 Å². The number of anilines is 2. The highest BCUT2D eigenvalue weighted by Crippen LogP contribution is 2.29. The van der Waals surface area contributed by atoms with Gasteiger partial charge in [0.05, 0.1) is 5.56 Å². The van der Waals surface area contributed by atoms with Gasteiger partial charge in [0.25, 0.3) is 11.8 Å². The number of hydrogen-bond acceptors (Lipinski definition) is 3. The molecule has 2 amide bonds. The number of amides is 2. The summed E-state index contributed by atoms with van der Waals surface area (Å²) in [5.74, 6) is -0.969. The first-order valence-electron chi connectivity index (χ1n) is 8.53. The van der Waals surface area contributed by atoms with Crippen LogP contribution in [0, 0.1) is 0 Å². The summed E-state index contributed by atoms with van der Waals surface area (Å²) in [6.07, 6.45) is -3.12. The number of para-hydroxylation sites is 1. The highest BCUT2D eigenvalue weighted by atomic mass is 19.4. The van der Waals surface area contributed by atoms with Crippen molar-refractivity contribution < 1.29 is 22.8 Å². The van der Waals surface area contributed by atoms with Crippen molar-refractivity contribution in [3.63, 3.8) is 0 Å². The Balaban J connectivity index is 1.75. The second-order valence-electron chi connectivity index (χ2n) is 6.16. The molecule has 0 saturated carbocycles. The van der Waals surface area contributed by atoms with Crippen molar-refractivity contribution in [1.29, 1.82) is 0 Å². The lowest BCUT2D eigenvalue weighted by atomic mass is 10.1. The number of hydrogen-bond donors (Lipinski definition) is 1. The van der Waals surface area contributed by atoms with Crippen molar-refractivity contribution in [1.82, 2.24) is 4.98 Å². The fourth-order valence-corrected chi connectivity index (χ4v) is 2.58. The molecule has 0 aliphatic carbocycles. The molecule has 0 aliphatic rings. The molecular formula is C21H16F3N3O2. The first-order chi connectivity index (χ1) is 13.8. The third-order valence-corrected chi connectivity index (χ3v) is 4.16. The van der Waals surface area contributed by atoms with E-state index in [1.165, 1.54) is 23.2 Å².